The monoisotopic (exact) mass is 364 g/mol. The summed E-state index contributed by atoms with van der Waals surface area (Å²) in [5.74, 6) is 0.586. The molecule has 0 fully saturated rings. The van der Waals surface area contributed by atoms with Crippen molar-refractivity contribution in [3.63, 3.8) is 0 Å². The molecule has 0 aliphatic carbocycles. The van der Waals surface area contributed by atoms with Gasteiger partial charge in [-0.2, -0.15) is 0 Å². The van der Waals surface area contributed by atoms with E-state index < -0.39 is 16.6 Å². The molecule has 0 radical (unpaired) electrons. The number of hydrogen-bond acceptors (Lipinski definition) is 4. The Morgan fingerprint density at radius 3 is 2.04 bits per heavy atom. The Bertz CT molecular complexity index is 293. The lowest BCUT2D eigenvalue weighted by molar-refractivity contribution is 0.0228. The second-order valence-corrected chi connectivity index (χ2v) is 17.4. The molecule has 0 aromatic carbocycles. The minimum atomic E-state index is -1.56. The second kappa shape index (κ2) is 11.8. The Labute approximate surface area is 146 Å². The predicted molar refractivity (Wildman–Crippen MR) is 103 cm³/mol. The van der Waals surface area contributed by atoms with E-state index in [0.29, 0.717) is 31.3 Å². The first-order chi connectivity index (χ1) is 10.6. The molecule has 0 bridgehead atoms. The standard InChI is InChI=1S/C17H40O4Si2/c1-16(15-20-14-13-19-12-11-18)9-8-10-17(2)23(6,7)21-22(3,4)5/h16-18H,8-15H2,1-7H3. The lowest BCUT2D eigenvalue weighted by atomic mass is 10.0. The van der Waals surface area contributed by atoms with Gasteiger partial charge in [0, 0.05) is 6.61 Å². The maximum atomic E-state index is 8.60. The molecule has 1 N–H and O–H groups in total. The average Bonchev–Trinajstić information content (AvgIpc) is 2.40. The van der Waals surface area contributed by atoms with E-state index in [0.717, 1.165) is 6.61 Å². The van der Waals surface area contributed by atoms with E-state index in [4.69, 9.17) is 18.7 Å². The molecule has 2 unspecified atom stereocenters. The van der Waals surface area contributed by atoms with Gasteiger partial charge in [0.25, 0.3) is 0 Å². The summed E-state index contributed by atoms with van der Waals surface area (Å²) in [7, 11) is -3.00. The van der Waals surface area contributed by atoms with Crippen molar-refractivity contribution in [3.8, 4) is 0 Å². The van der Waals surface area contributed by atoms with Crippen molar-refractivity contribution in [3.05, 3.63) is 0 Å². The zero-order valence-electron chi connectivity index (χ0n) is 16.5. The summed E-state index contributed by atoms with van der Waals surface area (Å²) in [6.07, 6.45) is 3.71. The number of aliphatic hydroxyl groups is 1. The largest absolute Gasteiger partial charge is 0.456 e. The molecule has 0 aliphatic heterocycles. The van der Waals surface area contributed by atoms with Gasteiger partial charge in [-0.1, -0.05) is 26.7 Å². The molecule has 23 heavy (non-hydrogen) atoms. The highest BCUT2D eigenvalue weighted by Crippen LogP contribution is 2.31. The Kier molecular flexibility index (Phi) is 11.9. The highest BCUT2D eigenvalue weighted by molar-refractivity contribution is 6.84. The third-order valence-electron chi connectivity index (χ3n) is 4.10. The van der Waals surface area contributed by atoms with Crippen LogP contribution in [0.4, 0.5) is 0 Å². The molecule has 2 atom stereocenters. The molecule has 4 nitrogen and oxygen atoms in total. The van der Waals surface area contributed by atoms with Gasteiger partial charge in [-0.3, -0.25) is 0 Å². The van der Waals surface area contributed by atoms with E-state index in [-0.39, 0.29) is 6.61 Å². The first-order valence-electron chi connectivity index (χ1n) is 9.05. The third-order valence-corrected chi connectivity index (χ3v) is 11.3. The van der Waals surface area contributed by atoms with E-state index in [2.05, 4.69) is 46.6 Å². The Morgan fingerprint density at radius 2 is 1.48 bits per heavy atom. The summed E-state index contributed by atoms with van der Waals surface area (Å²) < 4.78 is 17.3. The predicted octanol–water partition coefficient (Wildman–Crippen LogP) is 4.27. The number of hydrogen-bond donors (Lipinski definition) is 1. The SMILES string of the molecule is CC(CCCC(C)[Si](C)(C)O[Si](C)(C)C)COCCOCCO. The van der Waals surface area contributed by atoms with Gasteiger partial charge in [-0.05, 0) is 50.6 Å². The summed E-state index contributed by atoms with van der Waals surface area (Å²) in [6.45, 7) is 18.7. The Balaban J connectivity index is 3.79. The normalized spacial score (nSPS) is 15.7. The zero-order valence-corrected chi connectivity index (χ0v) is 18.5. The van der Waals surface area contributed by atoms with E-state index in [1.807, 2.05) is 0 Å². The molecule has 0 heterocycles. The molecule has 0 aromatic heterocycles. The lowest BCUT2D eigenvalue weighted by Gasteiger charge is -2.36. The lowest BCUT2D eigenvalue weighted by Crippen LogP contribution is -2.45. The molecular formula is C17H40O4Si2. The second-order valence-electron chi connectivity index (χ2n) is 8.17. The number of aliphatic hydroxyl groups excluding tert-OH is 1. The Hall–Kier alpha value is 0.274. The van der Waals surface area contributed by atoms with Crippen LogP contribution in [0.3, 0.4) is 0 Å². The fourth-order valence-corrected chi connectivity index (χ4v) is 10.7. The van der Waals surface area contributed by atoms with Crippen LogP contribution < -0.4 is 0 Å². The summed E-state index contributed by atoms with van der Waals surface area (Å²) in [6, 6.07) is 0. The number of rotatable bonds is 14. The van der Waals surface area contributed by atoms with Crippen LogP contribution in [-0.2, 0) is 13.6 Å². The minimum absolute atomic E-state index is 0.0790. The van der Waals surface area contributed by atoms with E-state index in [9.17, 15) is 0 Å². The molecule has 0 saturated carbocycles. The fourth-order valence-electron chi connectivity index (χ4n) is 2.66. The molecule has 6 heteroatoms. The quantitative estimate of drug-likeness (QED) is 0.369. The molecule has 0 spiro atoms. The van der Waals surface area contributed by atoms with Crippen LogP contribution in [0, 0.1) is 5.92 Å². The van der Waals surface area contributed by atoms with E-state index >= 15 is 0 Å². The van der Waals surface area contributed by atoms with Gasteiger partial charge in [-0.25, -0.2) is 0 Å². The maximum Gasteiger partial charge on any atom is 0.176 e. The molecule has 0 aromatic rings. The van der Waals surface area contributed by atoms with Crippen molar-refractivity contribution in [2.45, 2.75) is 71.4 Å². The van der Waals surface area contributed by atoms with Crippen LogP contribution in [0.1, 0.15) is 33.1 Å². The van der Waals surface area contributed by atoms with Gasteiger partial charge in [0.2, 0.25) is 0 Å². The topological polar surface area (TPSA) is 47.9 Å². The first-order valence-corrected chi connectivity index (χ1v) is 15.4. The van der Waals surface area contributed by atoms with Crippen molar-refractivity contribution >= 4 is 16.6 Å². The first kappa shape index (κ1) is 23.3. The molecular weight excluding hydrogens is 324 g/mol. The van der Waals surface area contributed by atoms with Crippen LogP contribution in [0.25, 0.3) is 0 Å². The van der Waals surface area contributed by atoms with Gasteiger partial charge in [0.05, 0.1) is 26.4 Å². The average molecular weight is 365 g/mol. The summed E-state index contributed by atoms with van der Waals surface area (Å²) in [5, 5.41) is 8.60. The smallest absolute Gasteiger partial charge is 0.176 e. The van der Waals surface area contributed by atoms with Gasteiger partial charge < -0.3 is 18.7 Å². The van der Waals surface area contributed by atoms with Crippen molar-refractivity contribution in [2.75, 3.05) is 33.0 Å². The van der Waals surface area contributed by atoms with Crippen molar-refractivity contribution < 1.29 is 18.7 Å². The minimum Gasteiger partial charge on any atom is -0.456 e. The van der Waals surface area contributed by atoms with Crippen LogP contribution in [0.15, 0.2) is 0 Å². The summed E-state index contributed by atoms with van der Waals surface area (Å²) in [4.78, 5) is 0. The van der Waals surface area contributed by atoms with Gasteiger partial charge >= 0.3 is 0 Å². The van der Waals surface area contributed by atoms with Gasteiger partial charge in [-0.15, -0.1) is 0 Å². The van der Waals surface area contributed by atoms with Crippen LogP contribution in [-0.4, -0.2) is 54.8 Å². The highest BCUT2D eigenvalue weighted by Gasteiger charge is 2.34. The summed E-state index contributed by atoms with van der Waals surface area (Å²) >= 11 is 0. The zero-order chi connectivity index (χ0) is 17.9. The van der Waals surface area contributed by atoms with Crippen molar-refractivity contribution in [1.82, 2.24) is 0 Å². The molecule has 0 rings (SSSR count). The van der Waals surface area contributed by atoms with E-state index in [1.54, 1.807) is 0 Å². The van der Waals surface area contributed by atoms with Crippen molar-refractivity contribution in [2.24, 2.45) is 5.92 Å². The van der Waals surface area contributed by atoms with E-state index in [1.165, 1.54) is 19.3 Å². The molecule has 0 aliphatic rings. The molecule has 140 valence electrons. The van der Waals surface area contributed by atoms with Crippen LogP contribution >= 0.6 is 0 Å². The van der Waals surface area contributed by atoms with Gasteiger partial charge in [0.15, 0.2) is 16.6 Å². The third kappa shape index (κ3) is 13.3. The van der Waals surface area contributed by atoms with Gasteiger partial charge in [0.1, 0.15) is 0 Å². The van der Waals surface area contributed by atoms with Crippen LogP contribution in [0.2, 0.25) is 38.3 Å². The molecule has 0 amide bonds. The number of ether oxygens (including phenoxy) is 2. The fraction of sp³-hybridized carbons (Fsp3) is 1.00. The van der Waals surface area contributed by atoms with Crippen molar-refractivity contribution in [1.29, 1.82) is 0 Å². The molecule has 0 saturated heterocycles. The highest BCUT2D eigenvalue weighted by atomic mass is 28.4. The Morgan fingerprint density at radius 1 is 0.870 bits per heavy atom. The maximum absolute atomic E-state index is 8.60. The van der Waals surface area contributed by atoms with Crippen LogP contribution in [0.5, 0.6) is 0 Å². The summed E-state index contributed by atoms with van der Waals surface area (Å²) in [5.41, 5.74) is 0.703.